The molecule has 1 fully saturated rings. The van der Waals surface area contributed by atoms with Crippen LogP contribution in [0.15, 0.2) is 35.1 Å². The van der Waals surface area contributed by atoms with E-state index in [9.17, 15) is 9.90 Å². The van der Waals surface area contributed by atoms with Crippen LogP contribution in [0.4, 0.5) is 17.3 Å². The molecule has 0 aliphatic carbocycles. The third kappa shape index (κ3) is 5.46. The number of aryl methyl sites for hydroxylation is 1. The summed E-state index contributed by atoms with van der Waals surface area (Å²) in [6.07, 6.45) is 4.78. The molecule has 4 aromatic rings. The highest BCUT2D eigenvalue weighted by atomic mass is 16.5. The van der Waals surface area contributed by atoms with Crippen LogP contribution in [-0.2, 0) is 22.5 Å². The van der Waals surface area contributed by atoms with Gasteiger partial charge in [-0.05, 0) is 43.9 Å². The SMILES string of the molecule is COCCn1nc(C)c2cc(NC(=O)Cc3coc(-c4ccnc(N)c4)n3)c(N3CCC(CO)CC3)nc21. The molecule has 0 bridgehead atoms. The number of aliphatic hydroxyl groups is 1. The van der Waals surface area contributed by atoms with Gasteiger partial charge in [-0.3, -0.25) is 4.79 Å². The van der Waals surface area contributed by atoms with Gasteiger partial charge in [0.2, 0.25) is 11.8 Å². The number of ether oxygens (including phenoxy) is 1. The van der Waals surface area contributed by atoms with E-state index in [4.69, 9.17) is 19.9 Å². The van der Waals surface area contributed by atoms with Crippen molar-refractivity contribution in [3.63, 3.8) is 0 Å². The molecule has 5 rings (SSSR count). The molecule has 1 amide bonds. The van der Waals surface area contributed by atoms with Crippen molar-refractivity contribution in [2.75, 3.05) is 49.4 Å². The molecule has 12 nitrogen and oxygen atoms in total. The van der Waals surface area contributed by atoms with Gasteiger partial charge in [0.15, 0.2) is 11.5 Å². The number of carbonyl (C=O) groups is 1. The van der Waals surface area contributed by atoms with Crippen molar-refractivity contribution in [1.29, 1.82) is 0 Å². The van der Waals surface area contributed by atoms with E-state index in [1.54, 1.807) is 25.4 Å². The Morgan fingerprint density at radius 1 is 1.29 bits per heavy atom. The first-order valence-corrected chi connectivity index (χ1v) is 12.6. The van der Waals surface area contributed by atoms with E-state index in [-0.39, 0.29) is 24.9 Å². The summed E-state index contributed by atoms with van der Waals surface area (Å²) in [4.78, 5) is 28.7. The fraction of sp³-hybridized carbons (Fsp3) is 0.423. The molecular formula is C26H32N8O4. The first kappa shape index (κ1) is 25.6. The number of piperidine rings is 1. The first-order valence-electron chi connectivity index (χ1n) is 12.6. The van der Waals surface area contributed by atoms with Crippen LogP contribution in [0.1, 0.15) is 24.2 Å². The van der Waals surface area contributed by atoms with Gasteiger partial charge in [-0.25, -0.2) is 19.6 Å². The van der Waals surface area contributed by atoms with Crippen molar-refractivity contribution < 1.29 is 19.1 Å². The number of pyridine rings is 2. The minimum Gasteiger partial charge on any atom is -0.444 e. The molecule has 0 radical (unpaired) electrons. The molecule has 1 saturated heterocycles. The van der Waals surface area contributed by atoms with Gasteiger partial charge in [0.05, 0.1) is 36.6 Å². The zero-order chi connectivity index (χ0) is 26.6. The molecule has 0 saturated carbocycles. The molecule has 1 aliphatic rings. The zero-order valence-electron chi connectivity index (χ0n) is 21.6. The van der Waals surface area contributed by atoms with Crippen LogP contribution in [0.2, 0.25) is 0 Å². The topological polar surface area (TPSA) is 157 Å². The number of fused-ring (bicyclic) bond motifs is 1. The fourth-order valence-electron chi connectivity index (χ4n) is 4.69. The molecule has 0 aromatic carbocycles. The lowest BCUT2D eigenvalue weighted by Gasteiger charge is -2.33. The molecule has 5 heterocycles. The van der Waals surface area contributed by atoms with Crippen molar-refractivity contribution in [1.82, 2.24) is 24.7 Å². The van der Waals surface area contributed by atoms with E-state index in [0.29, 0.717) is 47.6 Å². The van der Waals surface area contributed by atoms with E-state index < -0.39 is 0 Å². The third-order valence-corrected chi connectivity index (χ3v) is 6.76. The Bertz CT molecular complexity index is 1420. The van der Waals surface area contributed by atoms with Crippen molar-refractivity contribution in [3.8, 4) is 11.5 Å². The summed E-state index contributed by atoms with van der Waals surface area (Å²) in [5.74, 6) is 1.46. The number of nitrogens with zero attached hydrogens (tertiary/aromatic N) is 6. The van der Waals surface area contributed by atoms with Crippen LogP contribution in [0.5, 0.6) is 0 Å². The lowest BCUT2D eigenvalue weighted by molar-refractivity contribution is -0.115. The largest absolute Gasteiger partial charge is 0.444 e. The average Bonchev–Trinajstić information content (AvgIpc) is 3.51. The molecule has 12 heteroatoms. The number of amides is 1. The van der Waals surface area contributed by atoms with Gasteiger partial charge in [0.1, 0.15) is 12.1 Å². The lowest BCUT2D eigenvalue weighted by Crippen LogP contribution is -2.36. The Balaban J connectivity index is 1.41. The predicted octanol–water partition coefficient (Wildman–Crippen LogP) is 2.41. The molecular weight excluding hydrogens is 488 g/mol. The molecule has 200 valence electrons. The van der Waals surface area contributed by atoms with E-state index in [1.165, 1.54) is 6.26 Å². The summed E-state index contributed by atoms with van der Waals surface area (Å²) in [6, 6.07) is 5.35. The molecule has 38 heavy (non-hydrogen) atoms. The maximum absolute atomic E-state index is 13.1. The normalized spacial score (nSPS) is 14.3. The smallest absolute Gasteiger partial charge is 0.230 e. The van der Waals surface area contributed by atoms with Crippen molar-refractivity contribution in [3.05, 3.63) is 42.0 Å². The summed E-state index contributed by atoms with van der Waals surface area (Å²) in [5.41, 5.74) is 9.12. The second-order valence-corrected chi connectivity index (χ2v) is 9.48. The number of anilines is 3. The lowest BCUT2D eigenvalue weighted by atomic mass is 9.98. The summed E-state index contributed by atoms with van der Waals surface area (Å²) < 4.78 is 12.6. The van der Waals surface area contributed by atoms with Crippen LogP contribution in [0.25, 0.3) is 22.5 Å². The van der Waals surface area contributed by atoms with E-state index >= 15 is 0 Å². The second-order valence-electron chi connectivity index (χ2n) is 9.48. The number of nitrogens with two attached hydrogens (primary N) is 1. The highest BCUT2D eigenvalue weighted by Gasteiger charge is 2.25. The Morgan fingerprint density at radius 2 is 2.11 bits per heavy atom. The van der Waals surface area contributed by atoms with E-state index in [1.807, 2.05) is 17.7 Å². The molecule has 0 unspecified atom stereocenters. The number of aliphatic hydroxyl groups excluding tert-OH is 1. The van der Waals surface area contributed by atoms with Gasteiger partial charge in [-0.1, -0.05) is 0 Å². The number of methoxy groups -OCH3 is 1. The minimum absolute atomic E-state index is 0.0280. The summed E-state index contributed by atoms with van der Waals surface area (Å²) >= 11 is 0. The van der Waals surface area contributed by atoms with Crippen LogP contribution in [0, 0.1) is 12.8 Å². The Kier molecular flexibility index (Phi) is 7.52. The minimum atomic E-state index is -0.240. The Morgan fingerprint density at radius 3 is 2.84 bits per heavy atom. The fourth-order valence-corrected chi connectivity index (χ4v) is 4.69. The first-order chi connectivity index (χ1) is 18.4. The third-order valence-electron chi connectivity index (χ3n) is 6.76. The Labute approximate surface area is 219 Å². The van der Waals surface area contributed by atoms with E-state index in [2.05, 4.69) is 25.3 Å². The van der Waals surface area contributed by atoms with Crippen LogP contribution in [0.3, 0.4) is 0 Å². The highest BCUT2D eigenvalue weighted by Crippen LogP contribution is 2.32. The molecule has 0 spiro atoms. The number of carbonyl (C=O) groups excluding carboxylic acids is 1. The number of nitrogens with one attached hydrogen (secondary N) is 1. The number of aromatic nitrogens is 5. The second kappa shape index (κ2) is 11.2. The molecule has 0 atom stereocenters. The maximum Gasteiger partial charge on any atom is 0.230 e. The predicted molar refractivity (Wildman–Crippen MR) is 143 cm³/mol. The zero-order valence-corrected chi connectivity index (χ0v) is 21.6. The highest BCUT2D eigenvalue weighted by molar-refractivity contribution is 5.98. The quantitative estimate of drug-likeness (QED) is 0.299. The monoisotopic (exact) mass is 520 g/mol. The van der Waals surface area contributed by atoms with Gasteiger partial charge in [0.25, 0.3) is 0 Å². The average molecular weight is 521 g/mol. The molecule has 4 N–H and O–H groups in total. The van der Waals surface area contributed by atoms with Crippen molar-refractivity contribution >= 4 is 34.3 Å². The van der Waals surface area contributed by atoms with Crippen LogP contribution >= 0.6 is 0 Å². The van der Waals surface area contributed by atoms with E-state index in [0.717, 1.165) is 42.7 Å². The van der Waals surface area contributed by atoms with Gasteiger partial charge < -0.3 is 30.2 Å². The summed E-state index contributed by atoms with van der Waals surface area (Å²) in [5, 5.41) is 18.1. The van der Waals surface area contributed by atoms with Gasteiger partial charge in [-0.2, -0.15) is 5.10 Å². The molecule has 4 aromatic heterocycles. The van der Waals surface area contributed by atoms with Crippen LogP contribution in [-0.4, -0.2) is 69.2 Å². The number of oxazole rings is 1. The van der Waals surface area contributed by atoms with Gasteiger partial charge in [-0.15, -0.1) is 0 Å². The summed E-state index contributed by atoms with van der Waals surface area (Å²) in [6.45, 7) is 4.66. The Hall–Kier alpha value is -4.03. The molecule has 1 aliphatic heterocycles. The van der Waals surface area contributed by atoms with Gasteiger partial charge in [0, 0.05) is 44.0 Å². The van der Waals surface area contributed by atoms with Crippen molar-refractivity contribution in [2.24, 2.45) is 5.92 Å². The van der Waals surface area contributed by atoms with Gasteiger partial charge >= 0.3 is 0 Å². The number of hydrogen-bond acceptors (Lipinski definition) is 10. The number of hydrogen-bond donors (Lipinski definition) is 3. The number of rotatable bonds is 9. The van der Waals surface area contributed by atoms with Crippen LogP contribution < -0.4 is 16.0 Å². The van der Waals surface area contributed by atoms with Crippen molar-refractivity contribution in [2.45, 2.75) is 32.7 Å². The standard InChI is InChI=1S/C26H32N8O4/c1-16-20-13-21(30-23(36)12-19-15-38-26(29-19)18-3-6-28-22(27)11-18)25(33-7-4-17(14-35)5-8-33)31-24(20)34(32-16)9-10-37-2/h3,6,11,13,15,17,35H,4-5,7-10,12,14H2,1-2H3,(H2,27,28)(H,30,36). The maximum atomic E-state index is 13.1. The number of nitrogen functional groups attached to an aromatic ring is 1. The summed E-state index contributed by atoms with van der Waals surface area (Å²) in [7, 11) is 1.65.